The summed E-state index contributed by atoms with van der Waals surface area (Å²) in [5, 5.41) is 3.21. The number of imidazole rings is 1. The van der Waals surface area contributed by atoms with Gasteiger partial charge in [0.25, 0.3) is 0 Å². The molecular weight excluding hydrogens is 354 g/mol. The van der Waals surface area contributed by atoms with Gasteiger partial charge >= 0.3 is 0 Å². The van der Waals surface area contributed by atoms with Crippen LogP contribution in [0.3, 0.4) is 0 Å². The van der Waals surface area contributed by atoms with Crippen molar-refractivity contribution in [3.63, 3.8) is 0 Å². The van der Waals surface area contributed by atoms with Crippen LogP contribution < -0.4 is 5.32 Å². The van der Waals surface area contributed by atoms with Crippen molar-refractivity contribution < 1.29 is 0 Å². The number of fused-ring (bicyclic) bond motifs is 1. The van der Waals surface area contributed by atoms with E-state index in [-0.39, 0.29) is 0 Å². The number of rotatable bonds is 3. The molecule has 0 aliphatic heterocycles. The van der Waals surface area contributed by atoms with Gasteiger partial charge in [0.05, 0.1) is 16.4 Å². The molecule has 0 amide bonds. The molecule has 3 aromatic heterocycles. The van der Waals surface area contributed by atoms with E-state index in [0.717, 1.165) is 27.2 Å². The van der Waals surface area contributed by atoms with Crippen LogP contribution in [0.25, 0.3) is 17.0 Å². The molecule has 3 heterocycles. The fourth-order valence-corrected chi connectivity index (χ4v) is 2.76. The van der Waals surface area contributed by atoms with Crippen molar-refractivity contribution >= 4 is 33.2 Å². The molecule has 112 valence electrons. The normalized spacial score (nSPS) is 10.8. The Kier molecular flexibility index (Phi) is 3.51. The average molecular weight is 366 g/mol. The molecule has 0 fully saturated rings. The number of halogens is 1. The molecule has 0 saturated carbocycles. The number of anilines is 2. The van der Waals surface area contributed by atoms with Crippen molar-refractivity contribution in [3.8, 4) is 11.4 Å². The van der Waals surface area contributed by atoms with Gasteiger partial charge in [-0.15, -0.1) is 0 Å². The van der Waals surface area contributed by atoms with Gasteiger partial charge in [-0.25, -0.2) is 15.0 Å². The van der Waals surface area contributed by atoms with Crippen LogP contribution in [0.4, 0.5) is 11.6 Å². The molecule has 0 spiro atoms. The van der Waals surface area contributed by atoms with Crippen molar-refractivity contribution in [2.75, 3.05) is 5.32 Å². The molecular formula is C17H12BrN5. The maximum absolute atomic E-state index is 4.63. The predicted molar refractivity (Wildman–Crippen MR) is 93.6 cm³/mol. The molecule has 6 heteroatoms. The van der Waals surface area contributed by atoms with E-state index in [1.807, 2.05) is 65.3 Å². The second-order valence-electron chi connectivity index (χ2n) is 4.95. The number of nitrogens with zero attached hydrogens (tertiary/aromatic N) is 4. The lowest BCUT2D eigenvalue weighted by Gasteiger charge is -2.08. The summed E-state index contributed by atoms with van der Waals surface area (Å²) in [6, 6.07) is 15.7. The molecule has 0 aliphatic carbocycles. The maximum Gasteiger partial charge on any atom is 0.227 e. The molecule has 4 aromatic rings. The molecule has 0 aliphatic rings. The van der Waals surface area contributed by atoms with Gasteiger partial charge in [0.1, 0.15) is 11.3 Å². The van der Waals surface area contributed by atoms with Crippen LogP contribution in [0.15, 0.2) is 71.6 Å². The average Bonchev–Trinajstić information content (AvgIpc) is 3.01. The van der Waals surface area contributed by atoms with Crippen LogP contribution >= 0.6 is 15.9 Å². The van der Waals surface area contributed by atoms with Gasteiger partial charge in [-0.3, -0.25) is 4.40 Å². The van der Waals surface area contributed by atoms with Crippen molar-refractivity contribution in [1.29, 1.82) is 0 Å². The molecule has 5 nitrogen and oxygen atoms in total. The fraction of sp³-hybridized carbons (Fsp3) is 0. The molecule has 0 bridgehead atoms. The van der Waals surface area contributed by atoms with Gasteiger partial charge in [0, 0.05) is 18.1 Å². The molecule has 1 aromatic carbocycles. The molecule has 0 atom stereocenters. The van der Waals surface area contributed by atoms with Gasteiger partial charge in [-0.2, -0.15) is 0 Å². The number of benzene rings is 1. The van der Waals surface area contributed by atoms with Crippen LogP contribution in [0.2, 0.25) is 0 Å². The summed E-state index contributed by atoms with van der Waals surface area (Å²) in [6.45, 7) is 0. The molecule has 0 unspecified atom stereocenters. The number of nitrogens with one attached hydrogen (secondary N) is 1. The zero-order valence-electron chi connectivity index (χ0n) is 12.0. The van der Waals surface area contributed by atoms with Crippen molar-refractivity contribution in [2.45, 2.75) is 0 Å². The standard InChI is InChI=1S/C17H12BrN5/c18-13-10-20-17(21-12-6-2-1-3-7-12)22-16(13)14-11-19-15-8-4-5-9-23(14)15/h1-11H,(H,20,21,22). The van der Waals surface area contributed by atoms with E-state index in [1.54, 1.807) is 6.20 Å². The summed E-state index contributed by atoms with van der Waals surface area (Å²) in [5.74, 6) is 0.542. The van der Waals surface area contributed by atoms with Crippen LogP contribution in [-0.2, 0) is 0 Å². The summed E-state index contributed by atoms with van der Waals surface area (Å²) in [4.78, 5) is 13.4. The molecule has 1 N–H and O–H groups in total. The Balaban J connectivity index is 1.78. The largest absolute Gasteiger partial charge is 0.324 e. The topological polar surface area (TPSA) is 55.1 Å². The first-order valence-corrected chi connectivity index (χ1v) is 7.87. The maximum atomic E-state index is 4.63. The number of hydrogen-bond acceptors (Lipinski definition) is 4. The highest BCUT2D eigenvalue weighted by Crippen LogP contribution is 2.27. The van der Waals surface area contributed by atoms with E-state index in [0.29, 0.717) is 5.95 Å². The van der Waals surface area contributed by atoms with Gasteiger partial charge in [0.15, 0.2) is 0 Å². The zero-order valence-corrected chi connectivity index (χ0v) is 13.6. The molecule has 0 saturated heterocycles. The van der Waals surface area contributed by atoms with E-state index in [2.05, 4.69) is 36.2 Å². The van der Waals surface area contributed by atoms with Gasteiger partial charge < -0.3 is 5.32 Å². The third-order valence-electron chi connectivity index (χ3n) is 3.43. The Bertz CT molecular complexity index is 965. The smallest absolute Gasteiger partial charge is 0.227 e. The van der Waals surface area contributed by atoms with Crippen molar-refractivity contribution in [1.82, 2.24) is 19.4 Å². The van der Waals surface area contributed by atoms with Crippen molar-refractivity contribution in [2.24, 2.45) is 0 Å². The van der Waals surface area contributed by atoms with Crippen molar-refractivity contribution in [3.05, 3.63) is 71.6 Å². The summed E-state index contributed by atoms with van der Waals surface area (Å²) in [5.41, 5.74) is 3.52. The highest BCUT2D eigenvalue weighted by molar-refractivity contribution is 9.10. The lowest BCUT2D eigenvalue weighted by Crippen LogP contribution is -2.00. The zero-order chi connectivity index (χ0) is 15.6. The predicted octanol–water partition coefficient (Wildman–Crippen LogP) is 4.30. The third kappa shape index (κ3) is 2.68. The fourth-order valence-electron chi connectivity index (χ4n) is 2.37. The first kappa shape index (κ1) is 13.9. The Morgan fingerprint density at radius 3 is 2.61 bits per heavy atom. The van der Waals surface area contributed by atoms with Gasteiger partial charge in [-0.05, 0) is 40.2 Å². The quantitative estimate of drug-likeness (QED) is 0.588. The molecule has 4 rings (SSSR count). The lowest BCUT2D eigenvalue weighted by atomic mass is 10.3. The summed E-state index contributed by atoms with van der Waals surface area (Å²) >= 11 is 3.53. The molecule has 0 radical (unpaired) electrons. The van der Waals surface area contributed by atoms with E-state index >= 15 is 0 Å². The number of para-hydroxylation sites is 1. The first-order valence-electron chi connectivity index (χ1n) is 7.08. The summed E-state index contributed by atoms with van der Waals surface area (Å²) in [7, 11) is 0. The Morgan fingerprint density at radius 1 is 0.913 bits per heavy atom. The van der Waals surface area contributed by atoms with E-state index in [9.17, 15) is 0 Å². The van der Waals surface area contributed by atoms with Crippen LogP contribution in [0, 0.1) is 0 Å². The molecule has 23 heavy (non-hydrogen) atoms. The lowest BCUT2D eigenvalue weighted by molar-refractivity contribution is 1.12. The van der Waals surface area contributed by atoms with Gasteiger partial charge in [0.2, 0.25) is 5.95 Å². The van der Waals surface area contributed by atoms with E-state index in [4.69, 9.17) is 0 Å². The minimum Gasteiger partial charge on any atom is -0.324 e. The minimum atomic E-state index is 0.542. The highest BCUT2D eigenvalue weighted by Gasteiger charge is 2.12. The number of hydrogen-bond donors (Lipinski definition) is 1. The summed E-state index contributed by atoms with van der Waals surface area (Å²) < 4.78 is 2.82. The Morgan fingerprint density at radius 2 is 1.74 bits per heavy atom. The van der Waals surface area contributed by atoms with Crippen LogP contribution in [0.1, 0.15) is 0 Å². The monoisotopic (exact) mass is 365 g/mol. The first-order chi connectivity index (χ1) is 11.3. The third-order valence-corrected chi connectivity index (χ3v) is 4.01. The van der Waals surface area contributed by atoms with Crippen LogP contribution in [0.5, 0.6) is 0 Å². The van der Waals surface area contributed by atoms with Gasteiger partial charge in [-0.1, -0.05) is 24.3 Å². The Hall–Kier alpha value is -2.73. The second-order valence-corrected chi connectivity index (χ2v) is 5.81. The highest BCUT2D eigenvalue weighted by atomic mass is 79.9. The number of pyridine rings is 1. The van der Waals surface area contributed by atoms with E-state index < -0.39 is 0 Å². The SMILES string of the molecule is Brc1cnc(Nc2ccccc2)nc1-c1cnc2ccccn12. The second kappa shape index (κ2) is 5.81. The van der Waals surface area contributed by atoms with Crippen LogP contribution in [-0.4, -0.2) is 19.4 Å². The summed E-state index contributed by atoms with van der Waals surface area (Å²) in [6.07, 6.45) is 5.53. The van der Waals surface area contributed by atoms with E-state index in [1.165, 1.54) is 0 Å². The number of aromatic nitrogens is 4. The minimum absolute atomic E-state index is 0.542. The Labute approximate surface area is 141 Å².